The van der Waals surface area contributed by atoms with E-state index in [0.29, 0.717) is 18.7 Å². The van der Waals surface area contributed by atoms with Crippen LogP contribution in [0, 0.1) is 10.1 Å². The van der Waals surface area contributed by atoms with Crippen molar-refractivity contribution in [1.82, 2.24) is 0 Å². The summed E-state index contributed by atoms with van der Waals surface area (Å²) in [6.45, 7) is 0.375. The molecule has 1 aliphatic heterocycles. The number of nitro benzene ring substituents is 1. The molecule has 1 heterocycles. The van der Waals surface area contributed by atoms with Crippen LogP contribution in [0.1, 0.15) is 16.8 Å². The highest BCUT2D eigenvalue weighted by molar-refractivity contribution is 7.93. The number of hydrogen-bond acceptors (Lipinski definition) is 5. The highest BCUT2D eigenvalue weighted by Gasteiger charge is 2.28. The van der Waals surface area contributed by atoms with E-state index in [1.54, 1.807) is 6.07 Å². The Morgan fingerprint density at radius 1 is 1.19 bits per heavy atom. The van der Waals surface area contributed by atoms with Gasteiger partial charge in [-0.3, -0.25) is 19.2 Å². The number of non-ortho nitro benzene ring substituents is 1. The van der Waals surface area contributed by atoms with Gasteiger partial charge in [-0.2, -0.15) is 0 Å². The molecule has 3 rings (SSSR count). The van der Waals surface area contributed by atoms with E-state index >= 15 is 0 Å². The summed E-state index contributed by atoms with van der Waals surface area (Å²) >= 11 is 6.10. The SMILES string of the molecule is O=C(Nc1cc(N2CCCS2(=O)=O)ccc1Cl)c1ccc([N+](=O)[O-])cc1. The summed E-state index contributed by atoms with van der Waals surface area (Å²) in [5.41, 5.74) is 0.771. The molecule has 0 spiro atoms. The van der Waals surface area contributed by atoms with E-state index in [-0.39, 0.29) is 27.7 Å². The maximum atomic E-state index is 12.3. The Balaban J connectivity index is 1.84. The lowest BCUT2D eigenvalue weighted by molar-refractivity contribution is -0.384. The number of nitrogens with one attached hydrogen (secondary N) is 1. The number of amides is 1. The van der Waals surface area contributed by atoms with Gasteiger partial charge in [-0.25, -0.2) is 8.42 Å². The molecule has 0 aromatic heterocycles. The van der Waals surface area contributed by atoms with Crippen molar-refractivity contribution < 1.29 is 18.1 Å². The third-order valence-electron chi connectivity index (χ3n) is 3.93. The first kappa shape index (κ1) is 18.2. The topological polar surface area (TPSA) is 110 Å². The minimum Gasteiger partial charge on any atom is -0.321 e. The van der Waals surface area contributed by atoms with Gasteiger partial charge in [0.2, 0.25) is 10.0 Å². The van der Waals surface area contributed by atoms with Crippen molar-refractivity contribution in [3.63, 3.8) is 0 Å². The van der Waals surface area contributed by atoms with Gasteiger partial charge < -0.3 is 5.32 Å². The molecule has 1 N–H and O–H groups in total. The quantitative estimate of drug-likeness (QED) is 0.632. The molecular weight excluding hydrogens is 382 g/mol. The number of halogens is 1. The molecule has 2 aromatic rings. The molecular formula is C16H14ClN3O5S. The average molecular weight is 396 g/mol. The van der Waals surface area contributed by atoms with Crippen molar-refractivity contribution in [3.05, 3.63) is 63.2 Å². The van der Waals surface area contributed by atoms with Crippen LogP contribution in [0.25, 0.3) is 0 Å². The van der Waals surface area contributed by atoms with E-state index in [9.17, 15) is 23.3 Å². The fourth-order valence-electron chi connectivity index (χ4n) is 2.62. The molecule has 26 heavy (non-hydrogen) atoms. The van der Waals surface area contributed by atoms with Crippen molar-refractivity contribution in [2.24, 2.45) is 0 Å². The lowest BCUT2D eigenvalue weighted by atomic mass is 10.2. The molecule has 0 unspecified atom stereocenters. The maximum absolute atomic E-state index is 12.3. The van der Waals surface area contributed by atoms with Gasteiger partial charge in [0.1, 0.15) is 0 Å². The van der Waals surface area contributed by atoms with E-state index in [2.05, 4.69) is 5.32 Å². The zero-order valence-corrected chi connectivity index (χ0v) is 15.0. The van der Waals surface area contributed by atoms with Crippen LogP contribution in [-0.4, -0.2) is 31.5 Å². The largest absolute Gasteiger partial charge is 0.321 e. The molecule has 0 bridgehead atoms. The number of sulfonamides is 1. The molecule has 1 aliphatic rings. The number of nitrogens with zero attached hydrogens (tertiary/aromatic N) is 2. The Bertz CT molecular complexity index is 976. The van der Waals surface area contributed by atoms with Gasteiger partial charge in [-0.05, 0) is 36.8 Å². The fourth-order valence-corrected chi connectivity index (χ4v) is 4.34. The molecule has 0 atom stereocenters. The molecule has 10 heteroatoms. The summed E-state index contributed by atoms with van der Waals surface area (Å²) in [7, 11) is -3.35. The Morgan fingerprint density at radius 3 is 2.46 bits per heavy atom. The second-order valence-electron chi connectivity index (χ2n) is 5.66. The summed E-state index contributed by atoms with van der Waals surface area (Å²) in [4.78, 5) is 22.4. The van der Waals surface area contributed by atoms with Crippen molar-refractivity contribution in [3.8, 4) is 0 Å². The number of anilines is 2. The van der Waals surface area contributed by atoms with E-state index < -0.39 is 20.9 Å². The zero-order valence-electron chi connectivity index (χ0n) is 13.4. The Morgan fingerprint density at radius 2 is 1.88 bits per heavy atom. The second kappa shape index (κ2) is 6.93. The van der Waals surface area contributed by atoms with Crippen LogP contribution in [0.3, 0.4) is 0 Å². The molecule has 1 amide bonds. The fraction of sp³-hybridized carbons (Fsp3) is 0.188. The van der Waals surface area contributed by atoms with Crippen molar-refractivity contribution in [1.29, 1.82) is 0 Å². The molecule has 1 saturated heterocycles. The van der Waals surface area contributed by atoms with E-state index in [4.69, 9.17) is 11.6 Å². The Labute approximate surface area is 154 Å². The number of hydrogen-bond donors (Lipinski definition) is 1. The number of benzene rings is 2. The van der Waals surface area contributed by atoms with E-state index in [1.165, 1.54) is 40.7 Å². The molecule has 136 valence electrons. The van der Waals surface area contributed by atoms with Gasteiger partial charge in [0.25, 0.3) is 11.6 Å². The van der Waals surface area contributed by atoms with Crippen LogP contribution in [-0.2, 0) is 10.0 Å². The highest BCUT2D eigenvalue weighted by atomic mass is 35.5. The van der Waals surface area contributed by atoms with Crippen molar-refractivity contribution in [2.75, 3.05) is 21.9 Å². The minimum absolute atomic E-state index is 0.0834. The lowest BCUT2D eigenvalue weighted by Crippen LogP contribution is -2.25. The third kappa shape index (κ3) is 3.63. The van der Waals surface area contributed by atoms with Crippen LogP contribution < -0.4 is 9.62 Å². The van der Waals surface area contributed by atoms with E-state index in [1.807, 2.05) is 0 Å². The van der Waals surface area contributed by atoms with Crippen molar-refractivity contribution in [2.45, 2.75) is 6.42 Å². The molecule has 1 fully saturated rings. The first-order chi connectivity index (χ1) is 12.3. The predicted octanol–water partition coefficient (Wildman–Crippen LogP) is 3.04. The van der Waals surface area contributed by atoms with Gasteiger partial charge >= 0.3 is 0 Å². The highest BCUT2D eigenvalue weighted by Crippen LogP contribution is 2.31. The molecule has 0 aliphatic carbocycles. The van der Waals surface area contributed by atoms with Gasteiger partial charge in [-0.1, -0.05) is 11.6 Å². The first-order valence-corrected chi connectivity index (χ1v) is 9.62. The number of nitro groups is 1. The van der Waals surface area contributed by atoms with Crippen LogP contribution in [0.5, 0.6) is 0 Å². The third-order valence-corrected chi connectivity index (χ3v) is 6.12. The summed E-state index contributed by atoms with van der Waals surface area (Å²) in [5.74, 6) is -0.427. The number of carbonyl (C=O) groups is 1. The standard InChI is InChI=1S/C16H14ClN3O5S/c17-14-7-6-13(19-8-1-9-26(19,24)25)10-15(14)18-16(21)11-2-4-12(5-3-11)20(22)23/h2-7,10H,1,8-9H2,(H,18,21). The summed E-state index contributed by atoms with van der Waals surface area (Å²) in [6, 6.07) is 9.69. The van der Waals surface area contributed by atoms with Gasteiger partial charge in [-0.15, -0.1) is 0 Å². The normalized spacial score (nSPS) is 15.7. The molecule has 8 nitrogen and oxygen atoms in total. The van der Waals surface area contributed by atoms with Gasteiger partial charge in [0.05, 0.1) is 27.1 Å². The summed E-state index contributed by atoms with van der Waals surface area (Å²) in [6.07, 6.45) is 0.537. The summed E-state index contributed by atoms with van der Waals surface area (Å²) < 4.78 is 25.4. The van der Waals surface area contributed by atoms with Crippen LogP contribution in [0.2, 0.25) is 5.02 Å². The second-order valence-corrected chi connectivity index (χ2v) is 8.08. The Hall–Kier alpha value is -2.65. The number of carbonyl (C=O) groups excluding carboxylic acids is 1. The minimum atomic E-state index is -3.35. The maximum Gasteiger partial charge on any atom is 0.269 e. The van der Waals surface area contributed by atoms with Gasteiger partial charge in [0, 0.05) is 24.2 Å². The number of rotatable bonds is 4. The van der Waals surface area contributed by atoms with Crippen LogP contribution in [0.15, 0.2) is 42.5 Å². The summed E-state index contributed by atoms with van der Waals surface area (Å²) in [5, 5.41) is 13.5. The predicted molar refractivity (Wildman–Crippen MR) is 98.3 cm³/mol. The smallest absolute Gasteiger partial charge is 0.269 e. The molecule has 0 radical (unpaired) electrons. The molecule has 0 saturated carbocycles. The monoisotopic (exact) mass is 395 g/mol. The average Bonchev–Trinajstić information content (AvgIpc) is 2.96. The first-order valence-electron chi connectivity index (χ1n) is 7.64. The Kier molecular flexibility index (Phi) is 4.84. The zero-order chi connectivity index (χ0) is 18.9. The lowest BCUT2D eigenvalue weighted by Gasteiger charge is -2.18. The van der Waals surface area contributed by atoms with Crippen LogP contribution in [0.4, 0.5) is 17.1 Å². The van der Waals surface area contributed by atoms with Gasteiger partial charge in [0.15, 0.2) is 0 Å². The van der Waals surface area contributed by atoms with Crippen LogP contribution >= 0.6 is 11.6 Å². The van der Waals surface area contributed by atoms with E-state index in [0.717, 1.165) is 0 Å². The van der Waals surface area contributed by atoms with Crippen molar-refractivity contribution >= 4 is 44.6 Å². The molecule has 2 aromatic carbocycles.